The fourth-order valence-corrected chi connectivity index (χ4v) is 4.57. The summed E-state index contributed by atoms with van der Waals surface area (Å²) >= 11 is 0. The SMILES string of the molecule is O=C(CC[C@@H]1CCCO1)N1CCC(c2ccc(Cc3ccc(C(F)(F)F)cc3)cn2)CC1. The zero-order chi connectivity index (χ0) is 22.6. The molecular weight excluding hydrogens is 417 g/mol. The minimum atomic E-state index is -4.31. The number of piperidine rings is 1. The Hall–Kier alpha value is -2.41. The predicted molar refractivity (Wildman–Crippen MR) is 115 cm³/mol. The third-order valence-electron chi connectivity index (χ3n) is 6.51. The number of aromatic nitrogens is 1. The third-order valence-corrected chi connectivity index (χ3v) is 6.51. The van der Waals surface area contributed by atoms with Crippen molar-refractivity contribution in [2.45, 2.75) is 63.1 Å². The van der Waals surface area contributed by atoms with Crippen molar-refractivity contribution >= 4 is 5.91 Å². The summed E-state index contributed by atoms with van der Waals surface area (Å²) in [5.41, 5.74) is 2.18. The number of nitrogens with zero attached hydrogens (tertiary/aromatic N) is 2. The Labute approximate surface area is 186 Å². The fraction of sp³-hybridized carbons (Fsp3) is 0.520. The number of ether oxygens (including phenoxy) is 1. The van der Waals surface area contributed by atoms with E-state index in [0.29, 0.717) is 18.8 Å². The highest BCUT2D eigenvalue weighted by Gasteiger charge is 2.30. The van der Waals surface area contributed by atoms with Gasteiger partial charge in [-0.05, 0) is 67.9 Å². The van der Waals surface area contributed by atoms with Crippen molar-refractivity contribution in [3.8, 4) is 0 Å². The Morgan fingerprint density at radius 3 is 2.34 bits per heavy atom. The smallest absolute Gasteiger partial charge is 0.378 e. The predicted octanol–water partition coefficient (Wildman–Crippen LogP) is 5.36. The van der Waals surface area contributed by atoms with Gasteiger partial charge in [-0.3, -0.25) is 9.78 Å². The van der Waals surface area contributed by atoms with Gasteiger partial charge in [-0.15, -0.1) is 0 Å². The summed E-state index contributed by atoms with van der Waals surface area (Å²) in [6.45, 7) is 2.33. The lowest BCUT2D eigenvalue weighted by Crippen LogP contribution is -2.38. The van der Waals surface area contributed by atoms with E-state index in [1.807, 2.05) is 23.2 Å². The Bertz CT molecular complexity index is 883. The molecule has 1 aromatic carbocycles. The molecule has 2 aliphatic heterocycles. The highest BCUT2D eigenvalue weighted by Crippen LogP contribution is 2.30. The van der Waals surface area contributed by atoms with Crippen LogP contribution in [-0.4, -0.2) is 41.6 Å². The molecule has 172 valence electrons. The van der Waals surface area contributed by atoms with Crippen molar-refractivity contribution in [1.29, 1.82) is 0 Å². The van der Waals surface area contributed by atoms with E-state index in [-0.39, 0.29) is 12.0 Å². The Balaban J connectivity index is 1.25. The van der Waals surface area contributed by atoms with Gasteiger partial charge in [0, 0.05) is 43.9 Å². The zero-order valence-corrected chi connectivity index (χ0v) is 18.1. The summed E-state index contributed by atoms with van der Waals surface area (Å²) in [6.07, 6.45) is 3.64. The molecule has 2 aromatic rings. The molecule has 0 saturated carbocycles. The maximum atomic E-state index is 12.7. The lowest BCUT2D eigenvalue weighted by atomic mass is 9.92. The minimum Gasteiger partial charge on any atom is -0.378 e. The number of likely N-dealkylation sites (tertiary alicyclic amines) is 1. The van der Waals surface area contributed by atoms with Crippen LogP contribution in [0.3, 0.4) is 0 Å². The first-order valence-corrected chi connectivity index (χ1v) is 11.4. The lowest BCUT2D eigenvalue weighted by Gasteiger charge is -2.32. The molecule has 32 heavy (non-hydrogen) atoms. The van der Waals surface area contributed by atoms with Crippen LogP contribution in [0.1, 0.15) is 66.8 Å². The van der Waals surface area contributed by atoms with E-state index >= 15 is 0 Å². The molecule has 1 aromatic heterocycles. The van der Waals surface area contributed by atoms with Gasteiger partial charge in [0.05, 0.1) is 11.7 Å². The molecule has 2 fully saturated rings. The summed E-state index contributed by atoms with van der Waals surface area (Å²) in [6, 6.07) is 9.28. The average Bonchev–Trinajstić information content (AvgIpc) is 3.32. The normalized spacial score (nSPS) is 20.0. The first kappa shape index (κ1) is 22.8. The van der Waals surface area contributed by atoms with Crippen molar-refractivity contribution in [3.05, 3.63) is 65.0 Å². The van der Waals surface area contributed by atoms with Crippen LogP contribution in [0.15, 0.2) is 42.6 Å². The van der Waals surface area contributed by atoms with E-state index in [1.165, 1.54) is 12.1 Å². The lowest BCUT2D eigenvalue weighted by molar-refractivity contribution is -0.137. The molecule has 2 aliphatic rings. The molecule has 1 atom stereocenters. The standard InChI is InChI=1S/C25H29F3N2O2/c26-25(27,28)21-6-3-18(4-7-21)16-19-5-9-23(29-17-19)20-11-13-30(14-12-20)24(31)10-8-22-2-1-15-32-22/h3-7,9,17,20,22H,1-2,8,10-16H2/t22-/m0/s1. The summed E-state index contributed by atoms with van der Waals surface area (Å²) < 4.78 is 43.7. The van der Waals surface area contributed by atoms with E-state index in [9.17, 15) is 18.0 Å². The van der Waals surface area contributed by atoms with Crippen molar-refractivity contribution in [1.82, 2.24) is 9.88 Å². The Morgan fingerprint density at radius 2 is 1.75 bits per heavy atom. The number of carbonyl (C=O) groups is 1. The molecule has 0 spiro atoms. The van der Waals surface area contributed by atoms with E-state index < -0.39 is 11.7 Å². The van der Waals surface area contributed by atoms with Crippen LogP contribution in [0.25, 0.3) is 0 Å². The quantitative estimate of drug-likeness (QED) is 0.600. The number of rotatable bonds is 6. The molecule has 2 saturated heterocycles. The van der Waals surface area contributed by atoms with Crippen LogP contribution < -0.4 is 0 Å². The second-order valence-electron chi connectivity index (χ2n) is 8.79. The van der Waals surface area contributed by atoms with Gasteiger partial charge in [-0.25, -0.2) is 0 Å². The van der Waals surface area contributed by atoms with Crippen molar-refractivity contribution in [2.24, 2.45) is 0 Å². The van der Waals surface area contributed by atoms with Gasteiger partial charge in [-0.1, -0.05) is 18.2 Å². The zero-order valence-electron chi connectivity index (χ0n) is 18.1. The molecule has 3 heterocycles. The number of hydrogen-bond acceptors (Lipinski definition) is 3. The van der Waals surface area contributed by atoms with Gasteiger partial charge in [0.1, 0.15) is 0 Å². The van der Waals surface area contributed by atoms with Crippen LogP contribution in [0, 0.1) is 0 Å². The van der Waals surface area contributed by atoms with Gasteiger partial charge in [0.15, 0.2) is 0 Å². The summed E-state index contributed by atoms with van der Waals surface area (Å²) in [4.78, 5) is 19.1. The van der Waals surface area contributed by atoms with Crippen LogP contribution >= 0.6 is 0 Å². The number of alkyl halides is 3. The molecule has 0 unspecified atom stereocenters. The maximum absolute atomic E-state index is 12.7. The van der Waals surface area contributed by atoms with Crippen LogP contribution in [0.2, 0.25) is 0 Å². The fourth-order valence-electron chi connectivity index (χ4n) is 4.57. The van der Waals surface area contributed by atoms with Crippen molar-refractivity contribution < 1.29 is 22.7 Å². The van der Waals surface area contributed by atoms with Crippen molar-refractivity contribution in [3.63, 3.8) is 0 Å². The molecule has 0 bridgehead atoms. The first-order chi connectivity index (χ1) is 15.4. The van der Waals surface area contributed by atoms with E-state index in [0.717, 1.165) is 80.8 Å². The second kappa shape index (κ2) is 10.0. The van der Waals surface area contributed by atoms with E-state index in [2.05, 4.69) is 4.98 Å². The van der Waals surface area contributed by atoms with E-state index in [1.54, 1.807) is 0 Å². The number of halogens is 3. The highest BCUT2D eigenvalue weighted by molar-refractivity contribution is 5.76. The van der Waals surface area contributed by atoms with Gasteiger partial charge in [0.25, 0.3) is 0 Å². The minimum absolute atomic E-state index is 0.221. The van der Waals surface area contributed by atoms with Gasteiger partial charge in [-0.2, -0.15) is 13.2 Å². The maximum Gasteiger partial charge on any atom is 0.416 e. The summed E-state index contributed by atoms with van der Waals surface area (Å²) in [5, 5.41) is 0. The number of hydrogen-bond donors (Lipinski definition) is 0. The van der Waals surface area contributed by atoms with Gasteiger partial charge in [0.2, 0.25) is 5.91 Å². The van der Waals surface area contributed by atoms with Crippen LogP contribution in [0.5, 0.6) is 0 Å². The number of amides is 1. The largest absolute Gasteiger partial charge is 0.416 e. The molecular formula is C25H29F3N2O2. The Morgan fingerprint density at radius 1 is 1.03 bits per heavy atom. The van der Waals surface area contributed by atoms with Gasteiger partial charge < -0.3 is 9.64 Å². The first-order valence-electron chi connectivity index (χ1n) is 11.4. The molecule has 0 aliphatic carbocycles. The number of benzene rings is 1. The summed E-state index contributed by atoms with van der Waals surface area (Å²) in [7, 11) is 0. The van der Waals surface area contributed by atoms with Crippen LogP contribution in [0.4, 0.5) is 13.2 Å². The molecule has 4 rings (SSSR count). The number of pyridine rings is 1. The molecule has 1 amide bonds. The number of carbonyl (C=O) groups excluding carboxylic acids is 1. The van der Waals surface area contributed by atoms with Gasteiger partial charge >= 0.3 is 6.18 Å². The molecule has 7 heteroatoms. The van der Waals surface area contributed by atoms with E-state index in [4.69, 9.17) is 4.74 Å². The van der Waals surface area contributed by atoms with Crippen LogP contribution in [-0.2, 0) is 22.1 Å². The third kappa shape index (κ3) is 5.88. The topological polar surface area (TPSA) is 42.4 Å². The molecule has 4 nitrogen and oxygen atoms in total. The van der Waals surface area contributed by atoms with Crippen molar-refractivity contribution in [2.75, 3.05) is 19.7 Å². The Kier molecular flexibility index (Phi) is 7.13. The average molecular weight is 447 g/mol. The molecule has 0 N–H and O–H groups in total. The monoisotopic (exact) mass is 446 g/mol. The highest BCUT2D eigenvalue weighted by atomic mass is 19.4. The summed E-state index contributed by atoms with van der Waals surface area (Å²) in [5.74, 6) is 0.552. The second-order valence-corrected chi connectivity index (χ2v) is 8.79. The molecule has 0 radical (unpaired) electrons.